The molecule has 0 aromatic heterocycles. The van der Waals surface area contributed by atoms with Crippen molar-refractivity contribution in [3.05, 3.63) is 52.1 Å². The number of hydrogen-bond acceptors (Lipinski definition) is 3. The second-order valence-corrected chi connectivity index (χ2v) is 5.23. The Morgan fingerprint density at radius 3 is 2.28 bits per heavy atom. The van der Waals surface area contributed by atoms with Gasteiger partial charge in [-0.2, -0.15) is 5.11 Å². The van der Waals surface area contributed by atoms with Crippen molar-refractivity contribution < 1.29 is 0 Å². The summed E-state index contributed by atoms with van der Waals surface area (Å²) in [4.78, 5) is 2.07. The molecule has 0 unspecified atom stereocenters. The third kappa shape index (κ3) is 3.29. The van der Waals surface area contributed by atoms with Crippen LogP contribution in [0.3, 0.4) is 0 Å². The Labute approximate surface area is 121 Å². The summed E-state index contributed by atoms with van der Waals surface area (Å²) in [5.74, 6) is 0. The van der Waals surface area contributed by atoms with E-state index in [4.69, 9.17) is 0 Å². The lowest BCUT2D eigenvalue weighted by atomic mass is 10.3. The van der Waals surface area contributed by atoms with E-state index in [-0.39, 0.29) is 0 Å². The molecule has 2 aromatic rings. The first-order valence-electron chi connectivity index (χ1n) is 5.60. The van der Waals surface area contributed by atoms with Gasteiger partial charge in [-0.25, -0.2) is 0 Å². The number of benzene rings is 2. The highest BCUT2D eigenvalue weighted by Crippen LogP contribution is 2.27. The first-order valence-corrected chi connectivity index (χ1v) is 6.68. The Hall–Kier alpha value is -1.43. The van der Waals surface area contributed by atoms with Crippen LogP contribution in [-0.4, -0.2) is 14.1 Å². The minimum atomic E-state index is 0.866. The molecule has 0 N–H and O–H groups in total. The van der Waals surface area contributed by atoms with Crippen LogP contribution >= 0.6 is 22.6 Å². The number of anilines is 1. The molecule has 2 rings (SSSR count). The molecule has 0 radical (unpaired) electrons. The zero-order valence-electron chi connectivity index (χ0n) is 10.3. The summed E-state index contributed by atoms with van der Waals surface area (Å²) in [6.07, 6.45) is 0. The molecule has 0 aliphatic carbocycles. The third-order valence-electron chi connectivity index (χ3n) is 2.48. The van der Waals surface area contributed by atoms with Gasteiger partial charge < -0.3 is 4.90 Å². The highest BCUT2D eigenvalue weighted by atomic mass is 127. The molecule has 0 saturated carbocycles. The predicted molar refractivity (Wildman–Crippen MR) is 84.1 cm³/mol. The van der Waals surface area contributed by atoms with E-state index in [0.29, 0.717) is 0 Å². The molecule has 2 aromatic carbocycles. The molecule has 0 spiro atoms. The number of azo groups is 1. The summed E-state index contributed by atoms with van der Waals surface area (Å²) in [6, 6.07) is 15.9. The molecule has 3 nitrogen and oxygen atoms in total. The summed E-state index contributed by atoms with van der Waals surface area (Å²) >= 11 is 2.28. The molecule has 4 heteroatoms. The maximum atomic E-state index is 4.28. The SMILES string of the molecule is CN(C)c1ccc(N=Nc2ccccc2)c(I)c1. The summed E-state index contributed by atoms with van der Waals surface area (Å²) in [5, 5.41) is 8.49. The van der Waals surface area contributed by atoms with Crippen LogP contribution in [0.25, 0.3) is 0 Å². The molecule has 0 heterocycles. The molecule has 0 fully saturated rings. The maximum Gasteiger partial charge on any atom is 0.0991 e. The highest BCUT2D eigenvalue weighted by Gasteiger charge is 2.01. The molecule has 0 aliphatic heterocycles. The lowest BCUT2D eigenvalue weighted by Crippen LogP contribution is -2.08. The van der Waals surface area contributed by atoms with Gasteiger partial charge in [0.25, 0.3) is 0 Å². The molecular formula is C14H14IN3. The lowest BCUT2D eigenvalue weighted by molar-refractivity contribution is 1.13. The number of halogens is 1. The van der Waals surface area contributed by atoms with E-state index in [9.17, 15) is 0 Å². The van der Waals surface area contributed by atoms with Crippen molar-refractivity contribution in [2.75, 3.05) is 19.0 Å². The van der Waals surface area contributed by atoms with Crippen LogP contribution in [0.1, 0.15) is 0 Å². The number of hydrogen-bond donors (Lipinski definition) is 0. The molecule has 0 amide bonds. The molecule has 0 aliphatic rings. The van der Waals surface area contributed by atoms with Crippen LogP contribution in [-0.2, 0) is 0 Å². The summed E-state index contributed by atoms with van der Waals surface area (Å²) < 4.78 is 1.10. The molecule has 92 valence electrons. The summed E-state index contributed by atoms with van der Waals surface area (Å²) in [7, 11) is 4.05. The zero-order chi connectivity index (χ0) is 13.0. The van der Waals surface area contributed by atoms with Gasteiger partial charge in [-0.3, -0.25) is 0 Å². The Morgan fingerprint density at radius 1 is 0.944 bits per heavy atom. The van der Waals surface area contributed by atoms with Crippen LogP contribution in [0.2, 0.25) is 0 Å². The monoisotopic (exact) mass is 351 g/mol. The predicted octanol–water partition coefficient (Wildman–Crippen LogP) is 4.77. The van der Waals surface area contributed by atoms with Gasteiger partial charge in [0.2, 0.25) is 0 Å². The minimum absolute atomic E-state index is 0.866. The molecule has 18 heavy (non-hydrogen) atoms. The number of rotatable bonds is 3. The highest BCUT2D eigenvalue weighted by molar-refractivity contribution is 14.1. The largest absolute Gasteiger partial charge is 0.378 e. The van der Waals surface area contributed by atoms with Crippen LogP contribution in [0.4, 0.5) is 17.1 Å². The second kappa shape index (κ2) is 5.95. The van der Waals surface area contributed by atoms with Gasteiger partial charge in [0.05, 0.1) is 11.4 Å². The fourth-order valence-electron chi connectivity index (χ4n) is 1.46. The first kappa shape index (κ1) is 13.0. The summed E-state index contributed by atoms with van der Waals surface area (Å²) in [6.45, 7) is 0. The van der Waals surface area contributed by atoms with Gasteiger partial charge in [-0.05, 0) is 52.9 Å². The van der Waals surface area contributed by atoms with Crippen molar-refractivity contribution in [3.8, 4) is 0 Å². The van der Waals surface area contributed by atoms with Crippen molar-refractivity contribution in [1.29, 1.82) is 0 Å². The van der Waals surface area contributed by atoms with Crippen LogP contribution in [0.5, 0.6) is 0 Å². The van der Waals surface area contributed by atoms with Gasteiger partial charge in [0.1, 0.15) is 0 Å². The van der Waals surface area contributed by atoms with Gasteiger partial charge in [0, 0.05) is 23.4 Å². The van der Waals surface area contributed by atoms with E-state index < -0.39 is 0 Å². The normalized spacial score (nSPS) is 10.8. The standard InChI is InChI=1S/C14H14IN3/c1-18(2)12-8-9-14(13(15)10-12)17-16-11-6-4-3-5-7-11/h3-10H,1-2H3. The van der Waals surface area contributed by atoms with E-state index in [1.165, 1.54) is 0 Å². The van der Waals surface area contributed by atoms with Crippen LogP contribution in [0.15, 0.2) is 58.8 Å². The van der Waals surface area contributed by atoms with Gasteiger partial charge in [-0.15, -0.1) is 5.11 Å². The second-order valence-electron chi connectivity index (χ2n) is 4.07. The van der Waals surface area contributed by atoms with Crippen molar-refractivity contribution in [3.63, 3.8) is 0 Å². The van der Waals surface area contributed by atoms with Gasteiger partial charge >= 0.3 is 0 Å². The molecule has 0 bridgehead atoms. The quantitative estimate of drug-likeness (QED) is 0.578. The Kier molecular flexibility index (Phi) is 4.30. The molecule has 0 atom stereocenters. The van der Waals surface area contributed by atoms with Crippen LogP contribution < -0.4 is 4.90 Å². The Bertz CT molecular complexity index is 550. The maximum absolute atomic E-state index is 4.28. The van der Waals surface area contributed by atoms with E-state index in [1.54, 1.807) is 0 Å². The summed E-state index contributed by atoms with van der Waals surface area (Å²) in [5.41, 5.74) is 2.92. The van der Waals surface area contributed by atoms with Crippen molar-refractivity contribution in [2.24, 2.45) is 10.2 Å². The van der Waals surface area contributed by atoms with E-state index >= 15 is 0 Å². The van der Waals surface area contributed by atoms with Crippen molar-refractivity contribution in [1.82, 2.24) is 0 Å². The van der Waals surface area contributed by atoms with E-state index in [2.05, 4.69) is 43.8 Å². The van der Waals surface area contributed by atoms with Crippen molar-refractivity contribution >= 4 is 39.7 Å². The average molecular weight is 351 g/mol. The van der Waals surface area contributed by atoms with Gasteiger partial charge in [0.15, 0.2) is 0 Å². The topological polar surface area (TPSA) is 28.0 Å². The fraction of sp³-hybridized carbons (Fsp3) is 0.143. The van der Waals surface area contributed by atoms with E-state index in [0.717, 1.165) is 20.6 Å². The van der Waals surface area contributed by atoms with Gasteiger partial charge in [-0.1, -0.05) is 18.2 Å². The smallest absolute Gasteiger partial charge is 0.0991 e. The van der Waals surface area contributed by atoms with E-state index in [1.807, 2.05) is 56.6 Å². The number of nitrogens with zero attached hydrogens (tertiary/aromatic N) is 3. The fourth-order valence-corrected chi connectivity index (χ4v) is 2.07. The molecular weight excluding hydrogens is 337 g/mol. The molecule has 0 saturated heterocycles. The van der Waals surface area contributed by atoms with Crippen molar-refractivity contribution in [2.45, 2.75) is 0 Å². The first-order chi connectivity index (χ1) is 8.66. The lowest BCUT2D eigenvalue weighted by Gasteiger charge is -2.12. The minimum Gasteiger partial charge on any atom is -0.378 e. The average Bonchev–Trinajstić information content (AvgIpc) is 2.38. The van der Waals surface area contributed by atoms with Crippen LogP contribution in [0, 0.1) is 3.57 Å². The Balaban J connectivity index is 2.22. The Morgan fingerprint density at radius 2 is 1.67 bits per heavy atom. The zero-order valence-corrected chi connectivity index (χ0v) is 12.5. The third-order valence-corrected chi connectivity index (χ3v) is 3.34.